The van der Waals surface area contributed by atoms with Crippen molar-refractivity contribution in [2.75, 3.05) is 12.0 Å². The number of hydrogen-bond acceptors (Lipinski definition) is 5. The molecule has 0 spiro atoms. The van der Waals surface area contributed by atoms with Gasteiger partial charge in [-0.15, -0.1) is 0 Å². The summed E-state index contributed by atoms with van der Waals surface area (Å²) in [5, 5.41) is 2.78. The molecular formula is C22H29FN2O4S2. The van der Waals surface area contributed by atoms with Crippen molar-refractivity contribution < 1.29 is 22.3 Å². The van der Waals surface area contributed by atoms with Crippen LogP contribution in [0.5, 0.6) is 0 Å². The molecule has 0 aliphatic carbocycles. The smallest absolute Gasteiger partial charge is 0.244 e. The summed E-state index contributed by atoms with van der Waals surface area (Å²) in [7, 11) is -4.18. The summed E-state index contributed by atoms with van der Waals surface area (Å²) in [5.74, 6) is -0.753. The summed E-state index contributed by atoms with van der Waals surface area (Å²) in [6.07, 6.45) is 2.26. The van der Waals surface area contributed by atoms with Crippen LogP contribution in [0, 0.1) is 5.82 Å². The van der Waals surface area contributed by atoms with Gasteiger partial charge in [-0.3, -0.25) is 4.79 Å². The summed E-state index contributed by atoms with van der Waals surface area (Å²) in [6.45, 7) is 4.63. The molecule has 0 radical (unpaired) electrons. The maximum Gasteiger partial charge on any atom is 0.244 e. The van der Waals surface area contributed by atoms with Crippen LogP contribution < -0.4 is 10.0 Å². The van der Waals surface area contributed by atoms with Crippen LogP contribution in [0.15, 0.2) is 53.4 Å². The topological polar surface area (TPSA) is 84.5 Å². The number of ether oxygens (including phenoxy) is 1. The molecule has 0 bridgehead atoms. The van der Waals surface area contributed by atoms with E-state index in [1.807, 2.05) is 44.4 Å². The van der Waals surface area contributed by atoms with Gasteiger partial charge in [-0.05, 0) is 55.5 Å². The van der Waals surface area contributed by atoms with Crippen molar-refractivity contribution in [2.24, 2.45) is 0 Å². The number of benzene rings is 2. The van der Waals surface area contributed by atoms with Crippen molar-refractivity contribution in [1.82, 2.24) is 10.0 Å². The molecule has 2 aromatic rings. The molecule has 0 aliphatic heterocycles. The van der Waals surface area contributed by atoms with Crippen LogP contribution in [0.4, 0.5) is 4.39 Å². The third-order valence-corrected chi connectivity index (χ3v) is 6.54. The van der Waals surface area contributed by atoms with E-state index in [0.717, 1.165) is 17.2 Å². The van der Waals surface area contributed by atoms with Crippen LogP contribution >= 0.6 is 11.8 Å². The first kappa shape index (κ1) is 25.3. The lowest BCUT2D eigenvalue weighted by Crippen LogP contribution is -2.46. The highest BCUT2D eigenvalue weighted by Crippen LogP contribution is 2.15. The number of carbonyl (C=O) groups excluding carboxylic acids is 1. The molecule has 1 unspecified atom stereocenters. The molecule has 2 N–H and O–H groups in total. The molecule has 0 saturated heterocycles. The van der Waals surface area contributed by atoms with E-state index >= 15 is 0 Å². The van der Waals surface area contributed by atoms with Gasteiger partial charge in [0.25, 0.3) is 0 Å². The fourth-order valence-electron chi connectivity index (χ4n) is 2.80. The summed E-state index contributed by atoms with van der Waals surface area (Å²) in [4.78, 5) is 12.3. The lowest BCUT2D eigenvalue weighted by atomic mass is 10.1. The summed E-state index contributed by atoms with van der Waals surface area (Å²) in [5.41, 5.74) is 1.86. The minimum Gasteiger partial charge on any atom is -0.374 e. The maximum absolute atomic E-state index is 14.0. The highest BCUT2D eigenvalue weighted by atomic mass is 32.2. The van der Waals surface area contributed by atoms with E-state index in [4.69, 9.17) is 4.74 Å². The average Bonchev–Trinajstić information content (AvgIpc) is 2.74. The first-order chi connectivity index (χ1) is 14.7. The standard InChI is InChI=1S/C22H29FN2O4S2/c1-16(2)29-15-18-8-6-7-17(13-18)14-24-22(26)20(11-12-30-3)25-31(27,28)21-10-5-4-9-19(21)23/h4-10,13,16,20,25H,11-12,14-15H2,1-3H3,(H,24,26). The molecular weight excluding hydrogens is 439 g/mol. The number of hydrogen-bond donors (Lipinski definition) is 2. The van der Waals surface area contributed by atoms with Crippen LogP contribution in [0.25, 0.3) is 0 Å². The van der Waals surface area contributed by atoms with Crippen LogP contribution in [0.1, 0.15) is 31.4 Å². The molecule has 0 aliphatic rings. The lowest BCUT2D eigenvalue weighted by molar-refractivity contribution is -0.122. The molecule has 31 heavy (non-hydrogen) atoms. The van der Waals surface area contributed by atoms with Crippen molar-refractivity contribution in [2.45, 2.75) is 50.5 Å². The number of sulfonamides is 1. The normalized spacial score (nSPS) is 12.7. The Kier molecular flexibility index (Phi) is 9.95. The van der Waals surface area contributed by atoms with Crippen molar-refractivity contribution in [3.63, 3.8) is 0 Å². The zero-order valence-electron chi connectivity index (χ0n) is 17.9. The van der Waals surface area contributed by atoms with Gasteiger partial charge in [0.05, 0.1) is 12.7 Å². The Morgan fingerprint density at radius 1 is 1.13 bits per heavy atom. The second kappa shape index (κ2) is 12.2. The Morgan fingerprint density at radius 2 is 1.84 bits per heavy atom. The Labute approximate surface area is 188 Å². The largest absolute Gasteiger partial charge is 0.374 e. The maximum atomic E-state index is 14.0. The van der Waals surface area contributed by atoms with E-state index in [2.05, 4.69) is 10.0 Å². The predicted molar refractivity (Wildman–Crippen MR) is 122 cm³/mol. The van der Waals surface area contributed by atoms with Crippen LogP contribution in [-0.2, 0) is 32.7 Å². The number of amides is 1. The van der Waals surface area contributed by atoms with E-state index in [9.17, 15) is 17.6 Å². The lowest BCUT2D eigenvalue weighted by Gasteiger charge is -2.19. The number of nitrogens with one attached hydrogen (secondary N) is 2. The third kappa shape index (κ3) is 8.25. The molecule has 0 saturated carbocycles. The van der Waals surface area contributed by atoms with E-state index in [1.54, 1.807) is 0 Å². The first-order valence-electron chi connectivity index (χ1n) is 9.96. The van der Waals surface area contributed by atoms with Gasteiger partial charge in [0, 0.05) is 6.54 Å². The SMILES string of the molecule is CSCCC(NS(=O)(=O)c1ccccc1F)C(=O)NCc1cccc(COC(C)C)c1. The molecule has 2 rings (SSSR count). The van der Waals surface area contributed by atoms with Gasteiger partial charge >= 0.3 is 0 Å². The number of halogens is 1. The van der Waals surface area contributed by atoms with Crippen LogP contribution in [0.2, 0.25) is 0 Å². The zero-order valence-corrected chi connectivity index (χ0v) is 19.6. The molecule has 0 heterocycles. The Hall–Kier alpha value is -1.94. The minimum atomic E-state index is -4.18. The fraction of sp³-hybridized carbons (Fsp3) is 0.409. The Bertz CT molecular complexity index is 967. The molecule has 6 nitrogen and oxygen atoms in total. The van der Waals surface area contributed by atoms with E-state index in [1.165, 1.54) is 30.0 Å². The molecule has 0 fully saturated rings. The van der Waals surface area contributed by atoms with Crippen LogP contribution in [0.3, 0.4) is 0 Å². The van der Waals surface area contributed by atoms with Gasteiger partial charge in [-0.1, -0.05) is 36.4 Å². The van der Waals surface area contributed by atoms with E-state index in [-0.39, 0.29) is 19.1 Å². The molecule has 9 heteroatoms. The van der Waals surface area contributed by atoms with Gasteiger partial charge in [0.2, 0.25) is 15.9 Å². The number of carbonyl (C=O) groups is 1. The van der Waals surface area contributed by atoms with E-state index < -0.39 is 32.7 Å². The summed E-state index contributed by atoms with van der Waals surface area (Å²) in [6, 6.07) is 11.7. The molecule has 170 valence electrons. The molecule has 0 aromatic heterocycles. The Balaban J connectivity index is 2.06. The monoisotopic (exact) mass is 468 g/mol. The number of thioether (sulfide) groups is 1. The summed E-state index contributed by atoms with van der Waals surface area (Å²) >= 11 is 1.49. The molecule has 2 aromatic carbocycles. The van der Waals surface area contributed by atoms with Gasteiger partial charge < -0.3 is 10.1 Å². The average molecular weight is 469 g/mol. The van der Waals surface area contributed by atoms with Gasteiger partial charge in [-0.25, -0.2) is 12.8 Å². The van der Waals surface area contributed by atoms with Gasteiger partial charge in [-0.2, -0.15) is 16.5 Å². The summed E-state index contributed by atoms with van der Waals surface area (Å²) < 4.78 is 47.2. The third-order valence-electron chi connectivity index (χ3n) is 4.39. The second-order valence-corrected chi connectivity index (χ2v) is 9.95. The van der Waals surface area contributed by atoms with Crippen molar-refractivity contribution in [3.8, 4) is 0 Å². The van der Waals surface area contributed by atoms with Crippen molar-refractivity contribution >= 4 is 27.7 Å². The van der Waals surface area contributed by atoms with Gasteiger partial charge in [0.1, 0.15) is 16.8 Å². The van der Waals surface area contributed by atoms with E-state index in [0.29, 0.717) is 12.4 Å². The Morgan fingerprint density at radius 3 is 2.52 bits per heavy atom. The van der Waals surface area contributed by atoms with Crippen molar-refractivity contribution in [3.05, 3.63) is 65.5 Å². The van der Waals surface area contributed by atoms with Crippen LogP contribution in [-0.4, -0.2) is 38.5 Å². The highest BCUT2D eigenvalue weighted by molar-refractivity contribution is 7.98. The zero-order chi connectivity index (χ0) is 22.9. The van der Waals surface area contributed by atoms with Crippen molar-refractivity contribution in [1.29, 1.82) is 0 Å². The molecule has 1 amide bonds. The highest BCUT2D eigenvalue weighted by Gasteiger charge is 2.27. The van der Waals surface area contributed by atoms with Gasteiger partial charge in [0.15, 0.2) is 0 Å². The second-order valence-electron chi connectivity index (χ2n) is 7.28. The predicted octanol–water partition coefficient (Wildman–Crippen LogP) is 3.47. The fourth-order valence-corrected chi connectivity index (χ4v) is 4.58. The molecule has 1 atom stereocenters. The first-order valence-corrected chi connectivity index (χ1v) is 12.8. The number of rotatable bonds is 12. The quantitative estimate of drug-likeness (QED) is 0.498. The minimum absolute atomic E-state index is 0.114.